The molecule has 0 aliphatic rings. The molecule has 0 saturated heterocycles. The van der Waals surface area contributed by atoms with E-state index in [-0.39, 0.29) is 6.04 Å². The fourth-order valence-electron chi connectivity index (χ4n) is 2.02. The van der Waals surface area contributed by atoms with E-state index in [9.17, 15) is 0 Å². The average Bonchev–Trinajstić information content (AvgIpc) is 2.48. The number of nitrogens with zero attached hydrogens (tertiary/aromatic N) is 1. The molecule has 0 aromatic heterocycles. The Kier molecular flexibility index (Phi) is 4.76. The highest BCUT2D eigenvalue weighted by Crippen LogP contribution is 2.22. The van der Waals surface area contributed by atoms with Gasteiger partial charge in [-0.2, -0.15) is 0 Å². The van der Waals surface area contributed by atoms with Crippen LogP contribution in [-0.2, 0) is 11.4 Å². The number of rotatable bonds is 6. The lowest BCUT2D eigenvalue weighted by molar-refractivity contribution is -0.141. The summed E-state index contributed by atoms with van der Waals surface area (Å²) < 4.78 is 0. The molecule has 0 amide bonds. The van der Waals surface area contributed by atoms with Crippen molar-refractivity contribution in [3.8, 4) is 0 Å². The van der Waals surface area contributed by atoms with Crippen LogP contribution in [0.5, 0.6) is 0 Å². The van der Waals surface area contributed by atoms with E-state index in [2.05, 4.69) is 37.8 Å². The first-order valence-electron chi connectivity index (χ1n) is 6.44. The first-order chi connectivity index (χ1) is 9.31. The number of hydroxylamine groups is 2. The van der Waals surface area contributed by atoms with Crippen LogP contribution in [0.15, 0.2) is 73.5 Å². The van der Waals surface area contributed by atoms with Crippen LogP contribution in [0.3, 0.4) is 0 Å². The van der Waals surface area contributed by atoms with Gasteiger partial charge in [0.15, 0.2) is 0 Å². The average molecular weight is 253 g/mol. The number of hydrogen-bond acceptors (Lipinski definition) is 2. The molecule has 2 aromatic carbocycles. The number of benzene rings is 2. The minimum atomic E-state index is 0.166. The normalized spacial score (nSPS) is 12.1. The highest BCUT2D eigenvalue weighted by Gasteiger charge is 2.16. The van der Waals surface area contributed by atoms with E-state index in [1.807, 2.05) is 41.5 Å². The second-order valence-corrected chi connectivity index (χ2v) is 4.42. The van der Waals surface area contributed by atoms with Gasteiger partial charge in [-0.05, 0) is 18.1 Å². The van der Waals surface area contributed by atoms with Gasteiger partial charge in [0, 0.05) is 0 Å². The molecule has 0 aliphatic carbocycles. The predicted molar refractivity (Wildman–Crippen MR) is 78.1 cm³/mol. The molecule has 1 atom stereocenters. The van der Waals surface area contributed by atoms with Crippen LogP contribution in [0, 0.1) is 0 Å². The molecule has 0 N–H and O–H groups in total. The van der Waals surface area contributed by atoms with E-state index in [4.69, 9.17) is 4.84 Å². The molecule has 0 saturated carbocycles. The molecule has 0 radical (unpaired) electrons. The first kappa shape index (κ1) is 13.4. The van der Waals surface area contributed by atoms with Crippen LogP contribution < -0.4 is 0 Å². The van der Waals surface area contributed by atoms with Crippen LogP contribution >= 0.6 is 0 Å². The topological polar surface area (TPSA) is 12.5 Å². The molecule has 2 aromatic rings. The second-order valence-electron chi connectivity index (χ2n) is 4.42. The van der Waals surface area contributed by atoms with Crippen molar-refractivity contribution in [1.82, 2.24) is 5.06 Å². The molecule has 0 unspecified atom stereocenters. The highest BCUT2D eigenvalue weighted by atomic mass is 16.7. The van der Waals surface area contributed by atoms with Crippen molar-refractivity contribution in [2.45, 2.75) is 19.5 Å². The Morgan fingerprint density at radius 2 is 1.63 bits per heavy atom. The lowest BCUT2D eigenvalue weighted by atomic mass is 10.1. The standard InChI is InChI=1S/C17H19NO/c1-3-19-18(14-16-10-6-4-7-11-16)15(2)17-12-8-5-9-13-17/h3-13,15H,1,14H2,2H3/t15-/m0/s1. The van der Waals surface area contributed by atoms with Gasteiger partial charge in [-0.15, -0.1) is 5.06 Å². The van der Waals surface area contributed by atoms with Gasteiger partial charge in [-0.3, -0.25) is 0 Å². The third-order valence-electron chi connectivity index (χ3n) is 3.11. The van der Waals surface area contributed by atoms with E-state index in [1.54, 1.807) is 0 Å². The Labute approximate surface area is 114 Å². The fourth-order valence-corrected chi connectivity index (χ4v) is 2.02. The largest absolute Gasteiger partial charge is 0.414 e. The van der Waals surface area contributed by atoms with Crippen LogP contribution in [0.2, 0.25) is 0 Å². The maximum atomic E-state index is 5.56. The molecule has 19 heavy (non-hydrogen) atoms. The maximum Gasteiger partial charge on any atom is 0.104 e. The smallest absolute Gasteiger partial charge is 0.104 e. The summed E-state index contributed by atoms with van der Waals surface area (Å²) in [5.74, 6) is 0. The Morgan fingerprint density at radius 3 is 2.21 bits per heavy atom. The molecule has 2 nitrogen and oxygen atoms in total. The van der Waals surface area contributed by atoms with Crippen molar-refractivity contribution in [3.05, 3.63) is 84.6 Å². The Bertz CT molecular complexity index is 495. The van der Waals surface area contributed by atoms with Crippen molar-refractivity contribution in [2.24, 2.45) is 0 Å². The summed E-state index contributed by atoms with van der Waals surface area (Å²) in [5, 5.41) is 1.93. The van der Waals surface area contributed by atoms with Crippen molar-refractivity contribution in [3.63, 3.8) is 0 Å². The van der Waals surface area contributed by atoms with Gasteiger partial charge in [0.1, 0.15) is 6.26 Å². The minimum Gasteiger partial charge on any atom is -0.414 e. The lowest BCUT2D eigenvalue weighted by Crippen LogP contribution is -2.25. The summed E-state index contributed by atoms with van der Waals surface area (Å²) in [6.07, 6.45) is 1.47. The van der Waals surface area contributed by atoms with E-state index in [0.29, 0.717) is 0 Å². The zero-order valence-electron chi connectivity index (χ0n) is 11.2. The van der Waals surface area contributed by atoms with Gasteiger partial charge < -0.3 is 4.84 Å². The zero-order valence-corrected chi connectivity index (χ0v) is 11.2. The van der Waals surface area contributed by atoms with Crippen molar-refractivity contribution >= 4 is 0 Å². The maximum absolute atomic E-state index is 5.56. The SMILES string of the molecule is C=CON(Cc1ccccc1)[C@@H](C)c1ccccc1. The van der Waals surface area contributed by atoms with Crippen LogP contribution in [0.25, 0.3) is 0 Å². The van der Waals surface area contributed by atoms with E-state index in [0.717, 1.165) is 6.54 Å². The third kappa shape index (κ3) is 3.70. The van der Waals surface area contributed by atoms with Gasteiger partial charge >= 0.3 is 0 Å². The molecule has 0 heterocycles. The monoisotopic (exact) mass is 253 g/mol. The van der Waals surface area contributed by atoms with Gasteiger partial charge in [0.25, 0.3) is 0 Å². The molecule has 2 heteroatoms. The van der Waals surface area contributed by atoms with E-state index >= 15 is 0 Å². The van der Waals surface area contributed by atoms with Crippen LogP contribution in [-0.4, -0.2) is 5.06 Å². The van der Waals surface area contributed by atoms with Crippen molar-refractivity contribution in [2.75, 3.05) is 0 Å². The van der Waals surface area contributed by atoms with Crippen LogP contribution in [0.1, 0.15) is 24.1 Å². The summed E-state index contributed by atoms with van der Waals surface area (Å²) in [4.78, 5) is 5.56. The molecule has 0 bridgehead atoms. The predicted octanol–water partition coefficient (Wildman–Crippen LogP) is 4.32. The Balaban J connectivity index is 2.13. The van der Waals surface area contributed by atoms with Gasteiger partial charge in [0.2, 0.25) is 0 Å². The quantitative estimate of drug-likeness (QED) is 0.561. The zero-order chi connectivity index (χ0) is 13.5. The summed E-state index contributed by atoms with van der Waals surface area (Å²) in [5.41, 5.74) is 2.44. The van der Waals surface area contributed by atoms with Gasteiger partial charge in [0.05, 0.1) is 12.6 Å². The third-order valence-corrected chi connectivity index (χ3v) is 3.11. The molecular formula is C17H19NO. The summed E-state index contributed by atoms with van der Waals surface area (Å²) in [7, 11) is 0. The summed E-state index contributed by atoms with van der Waals surface area (Å²) >= 11 is 0. The molecule has 0 aliphatic heterocycles. The molecule has 0 spiro atoms. The molecule has 0 fully saturated rings. The summed E-state index contributed by atoms with van der Waals surface area (Å²) in [6, 6.07) is 20.8. The Hall–Kier alpha value is -2.06. The molecule has 98 valence electrons. The van der Waals surface area contributed by atoms with Crippen LogP contribution in [0.4, 0.5) is 0 Å². The van der Waals surface area contributed by atoms with Gasteiger partial charge in [-0.1, -0.05) is 67.2 Å². The number of hydrogen-bond donors (Lipinski definition) is 0. The van der Waals surface area contributed by atoms with Gasteiger partial charge in [-0.25, -0.2) is 0 Å². The first-order valence-corrected chi connectivity index (χ1v) is 6.44. The fraction of sp³-hybridized carbons (Fsp3) is 0.176. The lowest BCUT2D eigenvalue weighted by Gasteiger charge is -2.27. The van der Waals surface area contributed by atoms with Crippen molar-refractivity contribution in [1.29, 1.82) is 0 Å². The Morgan fingerprint density at radius 1 is 1.05 bits per heavy atom. The summed E-state index contributed by atoms with van der Waals surface area (Å²) in [6.45, 7) is 6.51. The minimum absolute atomic E-state index is 0.166. The van der Waals surface area contributed by atoms with E-state index < -0.39 is 0 Å². The van der Waals surface area contributed by atoms with Crippen molar-refractivity contribution < 1.29 is 4.84 Å². The van der Waals surface area contributed by atoms with E-state index in [1.165, 1.54) is 17.4 Å². The highest BCUT2D eigenvalue weighted by molar-refractivity contribution is 5.19. The molecular weight excluding hydrogens is 234 g/mol. The second kappa shape index (κ2) is 6.76. The molecule has 2 rings (SSSR count).